The molecule has 2 N–H and O–H groups in total. The van der Waals surface area contributed by atoms with Crippen molar-refractivity contribution in [3.63, 3.8) is 0 Å². The van der Waals surface area contributed by atoms with Crippen molar-refractivity contribution in [1.82, 2.24) is 5.32 Å². The van der Waals surface area contributed by atoms with Crippen LogP contribution in [-0.2, 0) is 6.42 Å². The molecular weight excluding hydrogens is 352 g/mol. The van der Waals surface area contributed by atoms with Crippen LogP contribution in [0.5, 0.6) is 0 Å². The zero-order chi connectivity index (χ0) is 21.1. The molecule has 0 bridgehead atoms. The van der Waals surface area contributed by atoms with Crippen molar-refractivity contribution >= 4 is 11.3 Å². The highest BCUT2D eigenvalue weighted by molar-refractivity contribution is 5.69. The Balaban J connectivity index is 1.77. The van der Waals surface area contributed by atoms with E-state index in [1.165, 1.54) is 53.5 Å². The molecule has 2 nitrogen and oxygen atoms in total. The minimum Gasteiger partial charge on any atom is -0.372 e. The second kappa shape index (κ2) is 12.2. The fourth-order valence-corrected chi connectivity index (χ4v) is 3.43. The van der Waals surface area contributed by atoms with E-state index < -0.39 is 0 Å². The van der Waals surface area contributed by atoms with Gasteiger partial charge in [0.05, 0.1) is 6.67 Å². The predicted molar refractivity (Wildman–Crippen MR) is 129 cm³/mol. The van der Waals surface area contributed by atoms with Crippen LogP contribution in [0.1, 0.15) is 69.6 Å². The topological polar surface area (TPSA) is 24.1 Å². The predicted octanol–water partition coefficient (Wildman–Crippen LogP) is 7.47. The number of nitrogens with one attached hydrogen (secondary N) is 2. The molecule has 0 spiro atoms. The molecule has 0 saturated heterocycles. The van der Waals surface area contributed by atoms with Crippen molar-refractivity contribution in [2.45, 2.75) is 66.2 Å². The van der Waals surface area contributed by atoms with Gasteiger partial charge in [-0.2, -0.15) is 0 Å². The molecule has 0 amide bonds. The molecule has 2 rings (SSSR count). The van der Waals surface area contributed by atoms with E-state index in [-0.39, 0.29) is 0 Å². The maximum Gasteiger partial charge on any atom is 0.0846 e. The number of anilines is 1. The van der Waals surface area contributed by atoms with Crippen LogP contribution >= 0.6 is 0 Å². The summed E-state index contributed by atoms with van der Waals surface area (Å²) < 4.78 is 0. The van der Waals surface area contributed by atoms with E-state index in [1.807, 2.05) is 0 Å². The largest absolute Gasteiger partial charge is 0.372 e. The van der Waals surface area contributed by atoms with Gasteiger partial charge in [-0.25, -0.2) is 0 Å². The van der Waals surface area contributed by atoms with Gasteiger partial charge in [-0.15, -0.1) is 0 Å². The zero-order valence-electron chi connectivity index (χ0n) is 18.8. The average molecular weight is 391 g/mol. The number of allylic oxidation sites excluding steroid dienone is 3. The van der Waals surface area contributed by atoms with Crippen molar-refractivity contribution in [1.29, 1.82) is 0 Å². The maximum absolute atomic E-state index is 4.15. The Morgan fingerprint density at radius 2 is 1.59 bits per heavy atom. The standard InChI is InChI=1S/C27H38N2/c1-6-7-8-9-27(21(2)3)25-16-18-26(19-17-25)29-20-28-23(5)12-15-24-13-10-22(4)11-14-24/h10-11,13-14,16-19,28-29H,5-9,12,15,20H2,1-4H3. The van der Waals surface area contributed by atoms with E-state index in [4.69, 9.17) is 0 Å². The highest BCUT2D eigenvalue weighted by Crippen LogP contribution is 2.26. The monoisotopic (exact) mass is 390 g/mol. The molecule has 0 unspecified atom stereocenters. The van der Waals surface area contributed by atoms with Crippen LogP contribution in [0, 0.1) is 6.92 Å². The molecule has 29 heavy (non-hydrogen) atoms. The first-order valence-electron chi connectivity index (χ1n) is 11.0. The summed E-state index contributed by atoms with van der Waals surface area (Å²) in [6.07, 6.45) is 6.98. The number of rotatable bonds is 12. The lowest BCUT2D eigenvalue weighted by Crippen LogP contribution is -2.21. The molecule has 2 aromatic carbocycles. The van der Waals surface area contributed by atoms with Crippen LogP contribution in [0.25, 0.3) is 5.57 Å². The van der Waals surface area contributed by atoms with Crippen molar-refractivity contribution in [2.75, 3.05) is 12.0 Å². The van der Waals surface area contributed by atoms with Crippen LogP contribution in [-0.4, -0.2) is 6.67 Å². The first kappa shape index (κ1) is 22.8. The Morgan fingerprint density at radius 3 is 2.21 bits per heavy atom. The number of aryl methyl sites for hydroxylation is 2. The number of unbranched alkanes of at least 4 members (excludes halogenated alkanes) is 2. The molecule has 0 aromatic heterocycles. The van der Waals surface area contributed by atoms with E-state index in [0.29, 0.717) is 6.67 Å². The summed E-state index contributed by atoms with van der Waals surface area (Å²) in [6, 6.07) is 17.6. The molecule has 0 aliphatic heterocycles. The summed E-state index contributed by atoms with van der Waals surface area (Å²) >= 11 is 0. The Bertz CT molecular complexity index is 778. The van der Waals surface area contributed by atoms with Gasteiger partial charge >= 0.3 is 0 Å². The minimum atomic E-state index is 0.693. The number of hydrogen-bond donors (Lipinski definition) is 2. The SMILES string of the molecule is C=C(CCc1ccc(C)cc1)NCNc1ccc(C(CCCCC)=C(C)C)cc1. The molecule has 156 valence electrons. The highest BCUT2D eigenvalue weighted by atomic mass is 15.1. The van der Waals surface area contributed by atoms with Gasteiger partial charge in [0.2, 0.25) is 0 Å². The first-order chi connectivity index (χ1) is 14.0. The Hall–Kier alpha value is -2.48. The fourth-order valence-electron chi connectivity index (χ4n) is 3.43. The zero-order valence-corrected chi connectivity index (χ0v) is 18.8. The molecule has 0 radical (unpaired) electrons. The third-order valence-corrected chi connectivity index (χ3v) is 5.33. The summed E-state index contributed by atoms with van der Waals surface area (Å²) in [5.74, 6) is 0. The van der Waals surface area contributed by atoms with Crippen LogP contribution in [0.3, 0.4) is 0 Å². The van der Waals surface area contributed by atoms with Crippen LogP contribution in [0.15, 0.2) is 66.4 Å². The van der Waals surface area contributed by atoms with E-state index in [1.54, 1.807) is 0 Å². The second-order valence-electron chi connectivity index (χ2n) is 8.13. The first-order valence-corrected chi connectivity index (χ1v) is 11.0. The lowest BCUT2D eigenvalue weighted by atomic mass is 9.96. The van der Waals surface area contributed by atoms with Gasteiger partial charge in [0, 0.05) is 11.4 Å². The molecule has 2 heteroatoms. The summed E-state index contributed by atoms with van der Waals surface area (Å²) in [6.45, 7) is 13.7. The molecular formula is C27H38N2. The van der Waals surface area contributed by atoms with Crippen molar-refractivity contribution in [3.05, 3.63) is 83.1 Å². The van der Waals surface area contributed by atoms with Gasteiger partial charge in [0.15, 0.2) is 0 Å². The molecule has 0 aliphatic carbocycles. The molecule has 0 heterocycles. The van der Waals surface area contributed by atoms with Crippen LogP contribution in [0.4, 0.5) is 5.69 Å². The summed E-state index contributed by atoms with van der Waals surface area (Å²) in [7, 11) is 0. The summed E-state index contributed by atoms with van der Waals surface area (Å²) in [4.78, 5) is 0. The molecule has 2 aromatic rings. The van der Waals surface area contributed by atoms with E-state index in [9.17, 15) is 0 Å². The van der Waals surface area contributed by atoms with E-state index >= 15 is 0 Å². The van der Waals surface area contributed by atoms with Gasteiger partial charge in [-0.3, -0.25) is 0 Å². The lowest BCUT2D eigenvalue weighted by Gasteiger charge is -2.14. The normalized spacial score (nSPS) is 10.5. The van der Waals surface area contributed by atoms with Gasteiger partial charge in [0.25, 0.3) is 0 Å². The van der Waals surface area contributed by atoms with Gasteiger partial charge in [-0.1, -0.05) is 73.9 Å². The molecule has 0 saturated carbocycles. The fraction of sp³-hybridized carbons (Fsp3) is 0.407. The van der Waals surface area contributed by atoms with Crippen molar-refractivity contribution in [3.8, 4) is 0 Å². The van der Waals surface area contributed by atoms with E-state index in [0.717, 1.165) is 24.2 Å². The molecule has 0 fully saturated rings. The minimum absolute atomic E-state index is 0.693. The van der Waals surface area contributed by atoms with Crippen molar-refractivity contribution in [2.24, 2.45) is 0 Å². The van der Waals surface area contributed by atoms with Crippen LogP contribution < -0.4 is 10.6 Å². The smallest absolute Gasteiger partial charge is 0.0846 e. The van der Waals surface area contributed by atoms with Crippen LogP contribution in [0.2, 0.25) is 0 Å². The summed E-state index contributed by atoms with van der Waals surface area (Å²) in [5.41, 5.74) is 9.13. The Morgan fingerprint density at radius 1 is 0.897 bits per heavy atom. The van der Waals surface area contributed by atoms with Gasteiger partial charge < -0.3 is 10.6 Å². The lowest BCUT2D eigenvalue weighted by molar-refractivity contribution is 0.734. The quantitative estimate of drug-likeness (QED) is 0.290. The molecule has 0 aliphatic rings. The Labute approximate surface area is 178 Å². The van der Waals surface area contributed by atoms with Crippen molar-refractivity contribution < 1.29 is 0 Å². The van der Waals surface area contributed by atoms with Gasteiger partial charge in [-0.05, 0) is 75.3 Å². The summed E-state index contributed by atoms with van der Waals surface area (Å²) in [5, 5.41) is 6.83. The van der Waals surface area contributed by atoms with Gasteiger partial charge in [0.1, 0.15) is 0 Å². The highest BCUT2D eigenvalue weighted by Gasteiger charge is 2.04. The second-order valence-corrected chi connectivity index (χ2v) is 8.13. The number of benzene rings is 2. The molecule has 0 atom stereocenters. The maximum atomic E-state index is 4.15. The number of hydrogen-bond acceptors (Lipinski definition) is 2. The third-order valence-electron chi connectivity index (χ3n) is 5.33. The van der Waals surface area contributed by atoms with E-state index in [2.05, 4.69) is 93.4 Å². The Kier molecular flexibility index (Phi) is 9.56. The third kappa shape index (κ3) is 8.19. The average Bonchev–Trinajstić information content (AvgIpc) is 2.71.